The van der Waals surface area contributed by atoms with Gasteiger partial charge in [-0.25, -0.2) is 4.99 Å². The number of esters is 2. The summed E-state index contributed by atoms with van der Waals surface area (Å²) in [7, 11) is 2.78. The Kier molecular flexibility index (Phi) is 14.7. The average molecular weight is 836 g/mol. The zero-order valence-electron chi connectivity index (χ0n) is 33.0. The maximum Gasteiger partial charge on any atom is 0.319 e. The standard InChI is InChI=1S/C42H59F2N3O8S2/c1-25(6-13-33(48)28-8-9-28)31-11-12-32-27(5-4-17-41(31,32)3)7-10-29-21-30(22-34(49)26(29)2)54-38(51)16-20-57-56-19-15-37(50)53-23-35-39(52)42(43,44)40(55-35)47-18-14-36(45)46-24-47/h6-7,10,13-14,18,25,28,30-35,39-40,48-49,52H,2,4-5,8-9,11-12,15-17,19-24H2,1,3H3,(H2,45,46)/b13-6+,27-7+,29-10-/t25-,30?,31?,32?,33?,34-,35?,39?,40?,41+/m0/s1. The molecule has 1 saturated heterocycles. The number of hydrogen-bond acceptors (Lipinski definition) is 13. The Bertz CT molecular complexity index is 1630. The second-order valence-corrected chi connectivity index (χ2v) is 19.4. The first-order valence-corrected chi connectivity index (χ1v) is 22.8. The lowest BCUT2D eigenvalue weighted by Gasteiger charge is -2.44. The summed E-state index contributed by atoms with van der Waals surface area (Å²) in [5.74, 6) is -1.67. The minimum Gasteiger partial charge on any atom is -0.463 e. The van der Waals surface area contributed by atoms with Gasteiger partial charge in [0, 0.05) is 30.5 Å². The van der Waals surface area contributed by atoms with E-state index < -0.39 is 49.1 Å². The number of nitrogens with zero attached hydrogens (tertiary/aromatic N) is 2. The quantitative estimate of drug-likeness (QED) is 0.0603. The number of alkyl halides is 2. The Balaban J connectivity index is 0.891. The Morgan fingerprint density at radius 2 is 1.88 bits per heavy atom. The molecule has 15 heteroatoms. The molecule has 316 valence electrons. The van der Waals surface area contributed by atoms with Crippen LogP contribution in [0.4, 0.5) is 8.78 Å². The molecule has 6 aliphatic rings. The summed E-state index contributed by atoms with van der Waals surface area (Å²) >= 11 is 0. The number of nitrogens with two attached hydrogens (primary N) is 1. The van der Waals surface area contributed by atoms with Gasteiger partial charge in [-0.1, -0.05) is 71.9 Å². The summed E-state index contributed by atoms with van der Waals surface area (Å²) in [4.78, 5) is 30.1. The first-order chi connectivity index (χ1) is 27.2. The van der Waals surface area contributed by atoms with Gasteiger partial charge >= 0.3 is 17.9 Å². The molecule has 10 atom stereocenters. The predicted octanol–water partition coefficient (Wildman–Crippen LogP) is 6.21. The summed E-state index contributed by atoms with van der Waals surface area (Å²) in [5.41, 5.74) is 8.78. The van der Waals surface area contributed by atoms with Crippen molar-refractivity contribution >= 4 is 39.4 Å². The van der Waals surface area contributed by atoms with Crippen LogP contribution in [-0.4, -0.2) is 105 Å². The monoisotopic (exact) mass is 835 g/mol. The van der Waals surface area contributed by atoms with Crippen molar-refractivity contribution in [2.24, 2.45) is 39.8 Å². The molecule has 6 rings (SSSR count). The first-order valence-electron chi connectivity index (χ1n) is 20.3. The summed E-state index contributed by atoms with van der Waals surface area (Å²) in [6.07, 6.45) is 13.3. The van der Waals surface area contributed by atoms with E-state index in [0.717, 1.165) is 42.6 Å². The largest absolute Gasteiger partial charge is 0.463 e. The molecule has 0 aromatic carbocycles. The molecule has 4 aliphatic carbocycles. The molecule has 7 unspecified atom stereocenters. The van der Waals surface area contributed by atoms with E-state index in [0.29, 0.717) is 53.6 Å². The molecule has 2 heterocycles. The van der Waals surface area contributed by atoms with Crippen molar-refractivity contribution in [1.29, 1.82) is 0 Å². The van der Waals surface area contributed by atoms with Gasteiger partial charge in [0.1, 0.15) is 31.3 Å². The fraction of sp³-hybridized carbons (Fsp3) is 0.690. The third-order valence-electron chi connectivity index (χ3n) is 12.7. The molecule has 5 fully saturated rings. The van der Waals surface area contributed by atoms with Crippen molar-refractivity contribution in [1.82, 2.24) is 4.90 Å². The zero-order chi connectivity index (χ0) is 40.9. The lowest BCUT2D eigenvalue weighted by molar-refractivity contribution is -0.157. The number of aliphatic imine (C=N–C) groups is 1. The second kappa shape index (κ2) is 19.1. The van der Waals surface area contributed by atoms with E-state index in [1.54, 1.807) is 0 Å². The molecule has 11 nitrogen and oxygen atoms in total. The number of rotatable bonds is 16. The van der Waals surface area contributed by atoms with Crippen LogP contribution in [0, 0.1) is 29.1 Å². The van der Waals surface area contributed by atoms with Gasteiger partial charge in [0.25, 0.3) is 0 Å². The summed E-state index contributed by atoms with van der Waals surface area (Å²) in [6, 6.07) is 0. The van der Waals surface area contributed by atoms with Gasteiger partial charge in [0.2, 0.25) is 0 Å². The van der Waals surface area contributed by atoms with Crippen molar-refractivity contribution in [2.75, 3.05) is 24.8 Å². The number of aliphatic hydroxyl groups is 3. The number of allylic oxidation sites excluding steroid dienone is 4. The smallest absolute Gasteiger partial charge is 0.319 e. The Labute approximate surface area is 342 Å². The lowest BCUT2D eigenvalue weighted by Crippen LogP contribution is -2.48. The van der Waals surface area contributed by atoms with Gasteiger partial charge < -0.3 is 40.2 Å². The average Bonchev–Trinajstić information content (AvgIpc) is 3.93. The minimum absolute atomic E-state index is 0.00508. The number of fused-ring (bicyclic) bond motifs is 1. The molecular formula is C42H59F2N3O8S2. The first kappa shape index (κ1) is 43.9. The van der Waals surface area contributed by atoms with E-state index in [4.69, 9.17) is 19.9 Å². The van der Waals surface area contributed by atoms with Gasteiger partial charge in [-0.15, -0.1) is 0 Å². The number of halogens is 2. The fourth-order valence-electron chi connectivity index (χ4n) is 9.30. The summed E-state index contributed by atoms with van der Waals surface area (Å²) < 4.78 is 45.7. The number of carbonyl (C=O) groups excluding carboxylic acids is 2. The highest BCUT2D eigenvalue weighted by Gasteiger charge is 2.60. The van der Waals surface area contributed by atoms with Crippen molar-refractivity contribution in [3.8, 4) is 0 Å². The minimum atomic E-state index is -3.62. The van der Waals surface area contributed by atoms with E-state index in [2.05, 4.69) is 43.6 Å². The van der Waals surface area contributed by atoms with Crippen molar-refractivity contribution < 1.29 is 47.9 Å². The van der Waals surface area contributed by atoms with Crippen LogP contribution < -0.4 is 5.73 Å². The molecular weight excluding hydrogens is 777 g/mol. The Morgan fingerprint density at radius 1 is 1.14 bits per heavy atom. The van der Waals surface area contributed by atoms with Crippen molar-refractivity contribution in [2.45, 2.75) is 127 Å². The van der Waals surface area contributed by atoms with Gasteiger partial charge in [0.05, 0.1) is 25.0 Å². The third-order valence-corrected chi connectivity index (χ3v) is 15.1. The third kappa shape index (κ3) is 10.7. The molecule has 57 heavy (non-hydrogen) atoms. The molecule has 0 aromatic rings. The van der Waals surface area contributed by atoms with E-state index in [9.17, 15) is 33.7 Å². The summed E-state index contributed by atoms with van der Waals surface area (Å²) in [5, 5.41) is 31.4. The fourth-order valence-corrected chi connectivity index (χ4v) is 11.2. The van der Waals surface area contributed by atoms with Crippen molar-refractivity contribution in [3.63, 3.8) is 0 Å². The molecule has 0 amide bonds. The van der Waals surface area contributed by atoms with Crippen LogP contribution in [0.3, 0.4) is 0 Å². The van der Waals surface area contributed by atoms with E-state index >= 15 is 0 Å². The van der Waals surface area contributed by atoms with Crippen molar-refractivity contribution in [3.05, 3.63) is 59.9 Å². The molecule has 0 spiro atoms. The number of ether oxygens (including phenoxy) is 3. The highest BCUT2D eigenvalue weighted by atomic mass is 33.1. The molecule has 0 aromatic heterocycles. The maximum absolute atomic E-state index is 14.7. The topological polar surface area (TPSA) is 164 Å². The number of aliphatic hydroxyl groups excluding tert-OH is 3. The van der Waals surface area contributed by atoms with Crippen LogP contribution in [0.25, 0.3) is 0 Å². The maximum atomic E-state index is 14.7. The predicted molar refractivity (Wildman–Crippen MR) is 218 cm³/mol. The van der Waals surface area contributed by atoms with Gasteiger partial charge in [-0.2, -0.15) is 8.78 Å². The van der Waals surface area contributed by atoms with Crippen LogP contribution in [-0.2, 0) is 23.8 Å². The van der Waals surface area contributed by atoms with Gasteiger partial charge in [0.15, 0.2) is 12.3 Å². The number of hydrogen-bond donors (Lipinski definition) is 4. The molecule has 0 radical (unpaired) electrons. The summed E-state index contributed by atoms with van der Waals surface area (Å²) in [6.45, 7) is 8.23. The van der Waals surface area contributed by atoms with Crippen LogP contribution in [0.5, 0.6) is 0 Å². The normalized spacial score (nSPS) is 35.1. The van der Waals surface area contributed by atoms with Crippen LogP contribution in [0.2, 0.25) is 0 Å². The number of carbonyl (C=O) groups is 2. The molecule has 0 bridgehead atoms. The van der Waals surface area contributed by atoms with Crippen LogP contribution >= 0.6 is 21.6 Å². The van der Waals surface area contributed by atoms with E-state index in [1.165, 1.54) is 52.3 Å². The molecule has 2 aliphatic heterocycles. The van der Waals surface area contributed by atoms with Crippen LogP contribution in [0.15, 0.2) is 64.9 Å². The van der Waals surface area contributed by atoms with Gasteiger partial charge in [-0.3, -0.25) is 9.59 Å². The molecule has 4 saturated carbocycles. The van der Waals surface area contributed by atoms with E-state index in [-0.39, 0.29) is 42.8 Å². The zero-order valence-corrected chi connectivity index (χ0v) is 34.6. The lowest BCUT2D eigenvalue weighted by atomic mass is 9.61. The van der Waals surface area contributed by atoms with E-state index in [1.807, 2.05) is 6.08 Å². The van der Waals surface area contributed by atoms with Crippen LogP contribution in [0.1, 0.15) is 84.5 Å². The SMILES string of the molecule is C=C1/C(=C\C=C2/CCC[C@@]3(C)C2CCC3[C@@H](C)/C=C/C(O)C2CC2)CC(OC(=O)CCSSCCC(=O)OCC2OC(N3C=CC(N)=NC3)C(F)(F)C2O)C[C@@H]1O. The second-order valence-electron chi connectivity index (χ2n) is 16.7. The van der Waals surface area contributed by atoms with Gasteiger partial charge in [-0.05, 0) is 91.3 Å². The highest BCUT2D eigenvalue weighted by Crippen LogP contribution is 2.59. The Morgan fingerprint density at radius 3 is 2.58 bits per heavy atom. The highest BCUT2D eigenvalue weighted by molar-refractivity contribution is 8.76. The number of amidine groups is 1. The Hall–Kier alpha value is -2.69. The molecule has 5 N–H and O–H groups in total.